The molecule has 1 unspecified atom stereocenters. The van der Waals surface area contributed by atoms with Gasteiger partial charge in [-0.05, 0) is 36.1 Å². The van der Waals surface area contributed by atoms with Crippen LogP contribution in [-0.2, 0) is 6.54 Å². The minimum Gasteiger partial charge on any atom is -0.308 e. The number of halogens is 1. The molecule has 0 bridgehead atoms. The Labute approximate surface area is 134 Å². The Balaban J connectivity index is 1.73. The largest absolute Gasteiger partial charge is 0.308 e. The Morgan fingerprint density at radius 3 is 2.86 bits per heavy atom. The Morgan fingerprint density at radius 1 is 1.33 bits per heavy atom. The topological polar surface area (TPSA) is 57.8 Å². The molecule has 0 saturated heterocycles. The average molecular weight is 364 g/mol. The maximum Gasteiger partial charge on any atom is 0.268 e. The number of nitrogens with one attached hydrogen (secondary N) is 2. The van der Waals surface area contributed by atoms with Crippen LogP contribution in [0.1, 0.15) is 24.4 Å². The molecule has 4 nitrogen and oxygen atoms in total. The molecule has 3 aromatic rings. The predicted molar refractivity (Wildman–Crippen MR) is 89.6 cm³/mol. The van der Waals surface area contributed by atoms with Crippen molar-refractivity contribution in [3.8, 4) is 0 Å². The molecule has 0 aliphatic carbocycles. The van der Waals surface area contributed by atoms with Crippen LogP contribution in [0.2, 0.25) is 0 Å². The number of nitrogens with zero attached hydrogens (tertiary/aromatic N) is 1. The van der Waals surface area contributed by atoms with Crippen LogP contribution in [0, 0.1) is 0 Å². The van der Waals surface area contributed by atoms with Gasteiger partial charge in [-0.1, -0.05) is 28.1 Å². The van der Waals surface area contributed by atoms with Gasteiger partial charge in [0.2, 0.25) is 0 Å². The number of benzene rings is 1. The molecule has 3 rings (SSSR count). The number of hydrogen-bond donors (Lipinski definition) is 2. The Hall–Kier alpha value is -1.50. The van der Waals surface area contributed by atoms with Crippen LogP contribution in [0.3, 0.4) is 0 Å². The van der Waals surface area contributed by atoms with E-state index in [4.69, 9.17) is 0 Å². The first-order valence-electron chi connectivity index (χ1n) is 6.59. The van der Waals surface area contributed by atoms with Crippen LogP contribution in [-0.4, -0.2) is 9.97 Å². The van der Waals surface area contributed by atoms with E-state index in [0.717, 1.165) is 9.99 Å². The first kappa shape index (κ1) is 14.4. The molecule has 0 fully saturated rings. The van der Waals surface area contributed by atoms with Crippen molar-refractivity contribution in [3.05, 3.63) is 61.9 Å². The van der Waals surface area contributed by atoms with Crippen LogP contribution >= 0.6 is 27.3 Å². The van der Waals surface area contributed by atoms with E-state index in [1.807, 2.05) is 23.6 Å². The van der Waals surface area contributed by atoms with Gasteiger partial charge >= 0.3 is 0 Å². The second-order valence-corrected chi connectivity index (χ2v) is 6.63. The highest BCUT2D eigenvalue weighted by molar-refractivity contribution is 9.10. The van der Waals surface area contributed by atoms with Crippen molar-refractivity contribution in [3.63, 3.8) is 0 Å². The first-order valence-corrected chi connectivity index (χ1v) is 8.26. The predicted octanol–water partition coefficient (Wildman–Crippen LogP) is 3.60. The summed E-state index contributed by atoms with van der Waals surface area (Å²) in [6.45, 7) is 2.61. The van der Waals surface area contributed by atoms with E-state index in [2.05, 4.69) is 50.3 Å². The van der Waals surface area contributed by atoms with E-state index in [1.54, 1.807) is 0 Å². The Morgan fingerprint density at radius 2 is 2.10 bits per heavy atom. The molecule has 1 atom stereocenters. The molecule has 21 heavy (non-hydrogen) atoms. The van der Waals surface area contributed by atoms with E-state index in [1.165, 1.54) is 16.9 Å². The van der Waals surface area contributed by atoms with Gasteiger partial charge in [-0.15, -0.1) is 11.3 Å². The van der Waals surface area contributed by atoms with E-state index >= 15 is 0 Å². The molecule has 0 aliphatic heterocycles. The second-order valence-electron chi connectivity index (χ2n) is 4.80. The molecule has 2 N–H and O–H groups in total. The van der Waals surface area contributed by atoms with Gasteiger partial charge in [-0.2, -0.15) is 0 Å². The molecule has 6 heteroatoms. The minimum absolute atomic E-state index is 0.0666. The molecule has 1 aromatic carbocycles. The van der Waals surface area contributed by atoms with Gasteiger partial charge in [0, 0.05) is 10.5 Å². The fourth-order valence-electron chi connectivity index (χ4n) is 2.12. The van der Waals surface area contributed by atoms with Crippen molar-refractivity contribution in [2.45, 2.75) is 19.5 Å². The monoisotopic (exact) mass is 363 g/mol. The normalized spacial score (nSPS) is 12.7. The first-order chi connectivity index (χ1) is 10.1. The smallest absolute Gasteiger partial charge is 0.268 e. The number of aromatic amines is 1. The fourth-order valence-corrected chi connectivity index (χ4v) is 3.11. The van der Waals surface area contributed by atoms with Gasteiger partial charge < -0.3 is 10.3 Å². The highest BCUT2D eigenvalue weighted by Crippen LogP contribution is 2.17. The summed E-state index contributed by atoms with van der Waals surface area (Å²) in [6.07, 6.45) is 0. The lowest BCUT2D eigenvalue weighted by atomic mass is 10.1. The number of fused-ring (bicyclic) bond motifs is 1. The van der Waals surface area contributed by atoms with Crippen molar-refractivity contribution >= 4 is 37.5 Å². The Bertz CT molecular complexity index is 810. The third kappa shape index (κ3) is 3.23. The van der Waals surface area contributed by atoms with Crippen molar-refractivity contribution < 1.29 is 0 Å². The van der Waals surface area contributed by atoms with Crippen molar-refractivity contribution in [2.75, 3.05) is 0 Å². The van der Waals surface area contributed by atoms with E-state index < -0.39 is 0 Å². The zero-order valence-corrected chi connectivity index (χ0v) is 13.8. The van der Waals surface area contributed by atoms with E-state index in [9.17, 15) is 4.79 Å². The number of hydrogen-bond acceptors (Lipinski definition) is 4. The molecule has 0 saturated carbocycles. The van der Waals surface area contributed by atoms with E-state index in [-0.39, 0.29) is 11.6 Å². The summed E-state index contributed by atoms with van der Waals surface area (Å²) in [5.41, 5.74) is 1.89. The molecule has 0 amide bonds. The lowest BCUT2D eigenvalue weighted by Crippen LogP contribution is -2.21. The molecule has 0 radical (unpaired) electrons. The maximum absolute atomic E-state index is 11.9. The molecular formula is C15H14BrN3OS. The Kier molecular flexibility index (Phi) is 4.19. The summed E-state index contributed by atoms with van der Waals surface area (Å²) < 4.78 is 1.74. The molecular weight excluding hydrogens is 350 g/mol. The maximum atomic E-state index is 11.9. The van der Waals surface area contributed by atoms with Crippen molar-refractivity contribution in [1.29, 1.82) is 0 Å². The van der Waals surface area contributed by atoms with Crippen LogP contribution in [0.4, 0.5) is 0 Å². The van der Waals surface area contributed by atoms with Gasteiger partial charge in [-0.3, -0.25) is 4.79 Å². The van der Waals surface area contributed by atoms with Gasteiger partial charge in [0.15, 0.2) is 0 Å². The lowest BCUT2D eigenvalue weighted by molar-refractivity contribution is 0.559. The SMILES string of the molecule is CC(NCc1nc2ccsc2c(=O)[nH]1)c1ccc(Br)cc1. The average Bonchev–Trinajstić information content (AvgIpc) is 2.94. The summed E-state index contributed by atoms with van der Waals surface area (Å²) in [6, 6.07) is 10.2. The van der Waals surface area contributed by atoms with Gasteiger partial charge in [-0.25, -0.2) is 4.98 Å². The summed E-state index contributed by atoms with van der Waals surface area (Å²) in [7, 11) is 0. The second kappa shape index (κ2) is 6.09. The summed E-state index contributed by atoms with van der Waals surface area (Å²) in [5, 5.41) is 5.26. The van der Waals surface area contributed by atoms with Crippen LogP contribution in [0.15, 0.2) is 45.0 Å². The number of rotatable bonds is 4. The van der Waals surface area contributed by atoms with E-state index in [0.29, 0.717) is 17.1 Å². The fraction of sp³-hybridized carbons (Fsp3) is 0.200. The number of H-pyrrole nitrogens is 1. The quantitative estimate of drug-likeness (QED) is 0.744. The summed E-state index contributed by atoms with van der Waals surface area (Å²) >= 11 is 4.84. The highest BCUT2D eigenvalue weighted by atomic mass is 79.9. The molecule has 0 aliphatic rings. The van der Waals surface area contributed by atoms with Crippen LogP contribution in [0.25, 0.3) is 10.2 Å². The standard InChI is InChI=1S/C15H14BrN3OS/c1-9(10-2-4-11(16)5-3-10)17-8-13-18-12-6-7-21-14(12)15(20)19-13/h2-7,9,17H,8H2,1H3,(H,18,19,20). The van der Waals surface area contributed by atoms with Crippen LogP contribution < -0.4 is 10.9 Å². The zero-order valence-electron chi connectivity index (χ0n) is 11.4. The van der Waals surface area contributed by atoms with Gasteiger partial charge in [0.1, 0.15) is 10.5 Å². The summed E-state index contributed by atoms with van der Waals surface area (Å²) in [4.78, 5) is 19.2. The van der Waals surface area contributed by atoms with Gasteiger partial charge in [0.05, 0.1) is 12.1 Å². The third-order valence-electron chi connectivity index (χ3n) is 3.31. The zero-order chi connectivity index (χ0) is 14.8. The molecule has 0 spiro atoms. The highest BCUT2D eigenvalue weighted by Gasteiger charge is 2.08. The lowest BCUT2D eigenvalue weighted by Gasteiger charge is -2.14. The van der Waals surface area contributed by atoms with Crippen molar-refractivity contribution in [1.82, 2.24) is 15.3 Å². The van der Waals surface area contributed by atoms with Gasteiger partial charge in [0.25, 0.3) is 5.56 Å². The molecule has 2 aromatic heterocycles. The number of thiophene rings is 1. The third-order valence-corrected chi connectivity index (χ3v) is 4.74. The van der Waals surface area contributed by atoms with Crippen LogP contribution in [0.5, 0.6) is 0 Å². The summed E-state index contributed by atoms with van der Waals surface area (Å²) in [5.74, 6) is 0.662. The minimum atomic E-state index is -0.0666. The number of aromatic nitrogens is 2. The molecule has 2 heterocycles. The molecule has 108 valence electrons. The van der Waals surface area contributed by atoms with Crippen molar-refractivity contribution in [2.24, 2.45) is 0 Å².